The second-order valence-electron chi connectivity index (χ2n) is 5.78. The maximum atomic E-state index is 12.2. The summed E-state index contributed by atoms with van der Waals surface area (Å²) in [5.74, 6) is 0.665. The summed E-state index contributed by atoms with van der Waals surface area (Å²) >= 11 is 3.32. The Morgan fingerprint density at radius 2 is 1.71 bits per heavy atom. The summed E-state index contributed by atoms with van der Waals surface area (Å²) in [6, 6.07) is 12.4. The fourth-order valence-corrected chi connectivity index (χ4v) is 2.55. The number of rotatable bonds is 9. The zero-order valence-electron chi connectivity index (χ0n) is 15.9. The molecule has 0 aliphatic heterocycles. The maximum Gasteiger partial charge on any atom is 0.344 e. The molecule has 1 N–H and O–H groups in total. The number of hydrogen-bond acceptors (Lipinski definition) is 6. The Hall–Kier alpha value is -2.74. The molecule has 0 aliphatic carbocycles. The average Bonchev–Trinajstić information content (AvgIpc) is 2.71. The number of hydrogen-bond donors (Lipinski definition) is 1. The number of methoxy groups -OCH3 is 2. The molecule has 0 saturated carbocycles. The predicted molar refractivity (Wildman–Crippen MR) is 107 cm³/mol. The Kier molecular flexibility index (Phi) is 8.13. The first-order chi connectivity index (χ1) is 13.4. The number of ether oxygens (including phenoxy) is 4. The molecular weight excluding hydrogens is 430 g/mol. The zero-order valence-corrected chi connectivity index (χ0v) is 17.4. The van der Waals surface area contributed by atoms with E-state index in [1.165, 1.54) is 14.0 Å². The van der Waals surface area contributed by atoms with E-state index in [0.29, 0.717) is 17.2 Å². The largest absolute Gasteiger partial charge is 0.493 e. The SMILES string of the molecule is COc1ccc(CNC(=O)C(C)OC(=O)COc2ccc(Br)cc2)cc1OC. The lowest BCUT2D eigenvalue weighted by Gasteiger charge is -2.14. The summed E-state index contributed by atoms with van der Waals surface area (Å²) in [6.45, 7) is 1.48. The number of benzene rings is 2. The van der Waals surface area contributed by atoms with Crippen LogP contribution < -0.4 is 19.5 Å². The van der Waals surface area contributed by atoms with E-state index >= 15 is 0 Å². The van der Waals surface area contributed by atoms with Crippen LogP contribution in [0.15, 0.2) is 46.9 Å². The van der Waals surface area contributed by atoms with Crippen LogP contribution in [0.5, 0.6) is 17.2 Å². The maximum absolute atomic E-state index is 12.2. The van der Waals surface area contributed by atoms with Crippen molar-refractivity contribution < 1.29 is 28.5 Å². The van der Waals surface area contributed by atoms with Crippen molar-refractivity contribution in [3.8, 4) is 17.2 Å². The highest BCUT2D eigenvalue weighted by Gasteiger charge is 2.18. The van der Waals surface area contributed by atoms with Gasteiger partial charge < -0.3 is 24.3 Å². The topological polar surface area (TPSA) is 83.1 Å². The molecule has 0 bridgehead atoms. The molecule has 150 valence electrons. The first kappa shape index (κ1) is 21.6. The first-order valence-electron chi connectivity index (χ1n) is 8.49. The molecule has 2 aromatic rings. The fourth-order valence-electron chi connectivity index (χ4n) is 2.28. The Morgan fingerprint density at radius 3 is 2.36 bits per heavy atom. The highest BCUT2D eigenvalue weighted by Crippen LogP contribution is 2.27. The highest BCUT2D eigenvalue weighted by atomic mass is 79.9. The minimum Gasteiger partial charge on any atom is -0.493 e. The summed E-state index contributed by atoms with van der Waals surface area (Å²) < 4.78 is 21.7. The summed E-state index contributed by atoms with van der Waals surface area (Å²) in [5, 5.41) is 2.71. The van der Waals surface area contributed by atoms with Crippen molar-refractivity contribution in [2.45, 2.75) is 19.6 Å². The lowest BCUT2D eigenvalue weighted by molar-refractivity contribution is -0.156. The number of halogens is 1. The van der Waals surface area contributed by atoms with E-state index in [1.807, 2.05) is 6.07 Å². The molecule has 0 saturated heterocycles. The van der Waals surface area contributed by atoms with Crippen LogP contribution >= 0.6 is 15.9 Å². The van der Waals surface area contributed by atoms with Gasteiger partial charge in [-0.1, -0.05) is 22.0 Å². The smallest absolute Gasteiger partial charge is 0.344 e. The molecule has 1 unspecified atom stereocenters. The van der Waals surface area contributed by atoms with E-state index in [0.717, 1.165) is 10.0 Å². The van der Waals surface area contributed by atoms with Gasteiger partial charge in [0.25, 0.3) is 5.91 Å². The summed E-state index contributed by atoms with van der Waals surface area (Å²) in [4.78, 5) is 24.0. The van der Waals surface area contributed by atoms with E-state index < -0.39 is 18.0 Å². The van der Waals surface area contributed by atoms with Crippen molar-refractivity contribution in [3.05, 3.63) is 52.5 Å². The molecule has 28 heavy (non-hydrogen) atoms. The summed E-state index contributed by atoms with van der Waals surface area (Å²) in [7, 11) is 3.09. The van der Waals surface area contributed by atoms with Gasteiger partial charge in [-0.3, -0.25) is 4.79 Å². The molecule has 8 heteroatoms. The zero-order chi connectivity index (χ0) is 20.5. The Morgan fingerprint density at radius 1 is 1.04 bits per heavy atom. The molecule has 0 aromatic heterocycles. The molecule has 0 radical (unpaired) electrons. The van der Waals surface area contributed by atoms with Crippen LogP contribution in [-0.4, -0.2) is 38.8 Å². The van der Waals surface area contributed by atoms with E-state index in [1.54, 1.807) is 43.5 Å². The lowest BCUT2D eigenvalue weighted by Crippen LogP contribution is -2.36. The van der Waals surface area contributed by atoms with Crippen molar-refractivity contribution in [3.63, 3.8) is 0 Å². The molecule has 0 aliphatic rings. The molecule has 0 heterocycles. The Balaban J connectivity index is 1.78. The van der Waals surface area contributed by atoms with Gasteiger partial charge in [0.15, 0.2) is 24.2 Å². The van der Waals surface area contributed by atoms with Crippen LogP contribution in [0.1, 0.15) is 12.5 Å². The molecule has 2 aromatic carbocycles. The van der Waals surface area contributed by atoms with Crippen LogP contribution in [0.25, 0.3) is 0 Å². The fraction of sp³-hybridized carbons (Fsp3) is 0.300. The first-order valence-corrected chi connectivity index (χ1v) is 9.28. The number of nitrogens with one attached hydrogen (secondary N) is 1. The quantitative estimate of drug-likeness (QED) is 0.589. The summed E-state index contributed by atoms with van der Waals surface area (Å²) in [6.07, 6.45) is -0.943. The molecular formula is C20H22BrNO6. The normalized spacial score (nSPS) is 11.3. The summed E-state index contributed by atoms with van der Waals surface area (Å²) in [5.41, 5.74) is 0.822. The van der Waals surface area contributed by atoms with Gasteiger partial charge in [-0.2, -0.15) is 0 Å². The van der Waals surface area contributed by atoms with Crippen LogP contribution in [0.2, 0.25) is 0 Å². The van der Waals surface area contributed by atoms with E-state index in [9.17, 15) is 9.59 Å². The molecule has 0 spiro atoms. The van der Waals surface area contributed by atoms with Gasteiger partial charge in [0.1, 0.15) is 5.75 Å². The number of amides is 1. The monoisotopic (exact) mass is 451 g/mol. The lowest BCUT2D eigenvalue weighted by atomic mass is 10.2. The van der Waals surface area contributed by atoms with Crippen molar-refractivity contribution in [2.75, 3.05) is 20.8 Å². The van der Waals surface area contributed by atoms with Gasteiger partial charge in [0, 0.05) is 11.0 Å². The predicted octanol–water partition coefficient (Wildman–Crippen LogP) is 3.09. The van der Waals surface area contributed by atoms with Crippen LogP contribution in [0.3, 0.4) is 0 Å². The highest BCUT2D eigenvalue weighted by molar-refractivity contribution is 9.10. The van der Waals surface area contributed by atoms with Crippen LogP contribution in [-0.2, 0) is 20.9 Å². The van der Waals surface area contributed by atoms with Gasteiger partial charge >= 0.3 is 5.97 Å². The molecule has 0 fully saturated rings. The standard InChI is InChI=1S/C20H22BrNO6/c1-13(28-19(23)12-27-16-7-5-15(21)6-8-16)20(24)22-11-14-4-9-17(25-2)18(10-14)26-3/h4-10,13H,11-12H2,1-3H3,(H,22,24). The molecule has 1 atom stereocenters. The Labute approximate surface area is 172 Å². The third-order valence-electron chi connectivity index (χ3n) is 3.76. The third-order valence-corrected chi connectivity index (χ3v) is 4.29. The molecule has 2 rings (SSSR count). The third kappa shape index (κ3) is 6.45. The van der Waals surface area contributed by atoms with Gasteiger partial charge in [-0.15, -0.1) is 0 Å². The second kappa shape index (κ2) is 10.6. The van der Waals surface area contributed by atoms with Gasteiger partial charge in [-0.25, -0.2) is 4.79 Å². The van der Waals surface area contributed by atoms with Crippen molar-refractivity contribution >= 4 is 27.8 Å². The van der Waals surface area contributed by atoms with Crippen molar-refractivity contribution in [1.82, 2.24) is 5.32 Å². The minimum absolute atomic E-state index is 0.260. The number of esters is 1. The van der Waals surface area contributed by atoms with Gasteiger partial charge in [0.05, 0.1) is 14.2 Å². The molecule has 1 amide bonds. The van der Waals surface area contributed by atoms with E-state index in [-0.39, 0.29) is 13.2 Å². The Bertz CT molecular complexity index is 809. The van der Waals surface area contributed by atoms with Crippen molar-refractivity contribution in [2.24, 2.45) is 0 Å². The average molecular weight is 452 g/mol. The number of carbonyl (C=O) groups is 2. The molecule has 7 nitrogen and oxygen atoms in total. The van der Waals surface area contributed by atoms with Gasteiger partial charge in [0.2, 0.25) is 0 Å². The van der Waals surface area contributed by atoms with E-state index in [2.05, 4.69) is 21.2 Å². The van der Waals surface area contributed by atoms with E-state index in [4.69, 9.17) is 18.9 Å². The van der Waals surface area contributed by atoms with Gasteiger partial charge in [-0.05, 0) is 48.9 Å². The second-order valence-corrected chi connectivity index (χ2v) is 6.70. The van der Waals surface area contributed by atoms with Crippen LogP contribution in [0, 0.1) is 0 Å². The van der Waals surface area contributed by atoms with Crippen LogP contribution in [0.4, 0.5) is 0 Å². The minimum atomic E-state index is -0.943. The van der Waals surface area contributed by atoms with Crippen molar-refractivity contribution in [1.29, 1.82) is 0 Å². The number of carbonyl (C=O) groups excluding carboxylic acids is 2.